The van der Waals surface area contributed by atoms with Crippen LogP contribution in [-0.4, -0.2) is 42.9 Å². The Labute approximate surface area is 130 Å². The lowest BCUT2D eigenvalue weighted by molar-refractivity contribution is -0.123. The fourth-order valence-electron chi connectivity index (χ4n) is 2.01. The number of benzene rings is 1. The molecular weight excluding hydrogens is 285 g/mol. The zero-order valence-corrected chi connectivity index (χ0v) is 13.2. The number of carbonyl (C=O) groups excluding carboxylic acids is 2. The SMILES string of the molecule is CCCNC(=O)CN(CCC)CC(=O)Nc1ccccc1F. The summed E-state index contributed by atoms with van der Waals surface area (Å²) in [6, 6.07) is 6.01. The Kier molecular flexibility index (Phi) is 8.14. The van der Waals surface area contributed by atoms with Crippen LogP contribution in [0.4, 0.5) is 10.1 Å². The van der Waals surface area contributed by atoms with Gasteiger partial charge in [-0.3, -0.25) is 14.5 Å². The molecule has 0 aliphatic carbocycles. The molecule has 2 N–H and O–H groups in total. The fraction of sp³-hybridized carbons (Fsp3) is 0.500. The molecule has 6 heteroatoms. The predicted octanol–water partition coefficient (Wildman–Crippen LogP) is 2.00. The monoisotopic (exact) mass is 309 g/mol. The summed E-state index contributed by atoms with van der Waals surface area (Å²) in [4.78, 5) is 25.5. The molecule has 0 saturated heterocycles. The molecule has 0 aliphatic heterocycles. The van der Waals surface area contributed by atoms with Crippen molar-refractivity contribution in [3.05, 3.63) is 30.1 Å². The standard InChI is InChI=1S/C16H24FN3O2/c1-3-9-18-15(21)11-20(10-4-2)12-16(22)19-14-8-6-5-7-13(14)17/h5-8H,3-4,9-12H2,1-2H3,(H,18,21)(H,19,22). The van der Waals surface area contributed by atoms with Crippen LogP contribution in [0, 0.1) is 5.82 Å². The van der Waals surface area contributed by atoms with Crippen LogP contribution in [0.1, 0.15) is 26.7 Å². The van der Waals surface area contributed by atoms with Crippen LogP contribution in [0.5, 0.6) is 0 Å². The third-order valence-electron chi connectivity index (χ3n) is 2.99. The molecule has 122 valence electrons. The summed E-state index contributed by atoms with van der Waals surface area (Å²) >= 11 is 0. The van der Waals surface area contributed by atoms with Gasteiger partial charge in [0.2, 0.25) is 11.8 Å². The number of hydrogen-bond donors (Lipinski definition) is 2. The van der Waals surface area contributed by atoms with Gasteiger partial charge in [0, 0.05) is 6.54 Å². The summed E-state index contributed by atoms with van der Waals surface area (Å²) in [7, 11) is 0. The second-order valence-corrected chi connectivity index (χ2v) is 5.09. The summed E-state index contributed by atoms with van der Waals surface area (Å²) in [5, 5.41) is 5.31. The van der Waals surface area contributed by atoms with Gasteiger partial charge >= 0.3 is 0 Å². The number of halogens is 1. The normalized spacial score (nSPS) is 10.5. The summed E-state index contributed by atoms with van der Waals surface area (Å²) in [6.07, 6.45) is 1.70. The van der Waals surface area contributed by atoms with Crippen molar-refractivity contribution in [2.24, 2.45) is 0 Å². The average Bonchev–Trinajstić information content (AvgIpc) is 2.47. The smallest absolute Gasteiger partial charge is 0.238 e. The topological polar surface area (TPSA) is 61.4 Å². The number of amides is 2. The molecule has 1 aromatic rings. The van der Waals surface area contributed by atoms with E-state index >= 15 is 0 Å². The molecule has 0 atom stereocenters. The first-order valence-corrected chi connectivity index (χ1v) is 7.60. The van der Waals surface area contributed by atoms with Crippen LogP contribution in [-0.2, 0) is 9.59 Å². The largest absolute Gasteiger partial charge is 0.355 e. The molecule has 0 heterocycles. The van der Waals surface area contributed by atoms with Crippen molar-refractivity contribution in [1.82, 2.24) is 10.2 Å². The van der Waals surface area contributed by atoms with Gasteiger partial charge in [-0.1, -0.05) is 26.0 Å². The number of nitrogens with zero attached hydrogens (tertiary/aromatic N) is 1. The lowest BCUT2D eigenvalue weighted by atomic mass is 10.3. The number of rotatable bonds is 9. The van der Waals surface area contributed by atoms with E-state index in [2.05, 4.69) is 10.6 Å². The van der Waals surface area contributed by atoms with Crippen LogP contribution in [0.2, 0.25) is 0 Å². The van der Waals surface area contributed by atoms with Gasteiger partial charge in [-0.2, -0.15) is 0 Å². The van der Waals surface area contributed by atoms with Crippen molar-refractivity contribution in [3.63, 3.8) is 0 Å². The molecule has 0 aliphatic rings. The second-order valence-electron chi connectivity index (χ2n) is 5.09. The minimum Gasteiger partial charge on any atom is -0.355 e. The number of para-hydroxylation sites is 1. The molecule has 0 fully saturated rings. The van der Waals surface area contributed by atoms with Gasteiger partial charge in [0.15, 0.2) is 0 Å². The van der Waals surface area contributed by atoms with Crippen molar-refractivity contribution in [2.75, 3.05) is 31.5 Å². The molecule has 0 bridgehead atoms. The highest BCUT2D eigenvalue weighted by Gasteiger charge is 2.14. The zero-order chi connectivity index (χ0) is 16.4. The number of carbonyl (C=O) groups is 2. The molecule has 2 amide bonds. The van der Waals surface area contributed by atoms with Gasteiger partial charge < -0.3 is 10.6 Å². The fourth-order valence-corrected chi connectivity index (χ4v) is 2.01. The molecule has 0 unspecified atom stereocenters. The van der Waals surface area contributed by atoms with E-state index in [4.69, 9.17) is 0 Å². The lowest BCUT2D eigenvalue weighted by Crippen LogP contribution is -2.41. The Hall–Kier alpha value is -1.95. The third-order valence-corrected chi connectivity index (χ3v) is 2.99. The van der Waals surface area contributed by atoms with E-state index in [9.17, 15) is 14.0 Å². The van der Waals surface area contributed by atoms with Crippen LogP contribution >= 0.6 is 0 Å². The van der Waals surface area contributed by atoms with Crippen molar-refractivity contribution in [1.29, 1.82) is 0 Å². The summed E-state index contributed by atoms with van der Waals surface area (Å²) < 4.78 is 13.5. The molecule has 5 nitrogen and oxygen atoms in total. The Balaban J connectivity index is 2.53. The quantitative estimate of drug-likeness (QED) is 0.733. The van der Waals surface area contributed by atoms with Crippen molar-refractivity contribution < 1.29 is 14.0 Å². The Bertz CT molecular complexity index is 494. The van der Waals surface area contributed by atoms with Gasteiger partial charge in [0.05, 0.1) is 18.8 Å². The molecule has 0 spiro atoms. The van der Waals surface area contributed by atoms with E-state index in [1.165, 1.54) is 12.1 Å². The average molecular weight is 309 g/mol. The van der Waals surface area contributed by atoms with Crippen LogP contribution in [0.15, 0.2) is 24.3 Å². The summed E-state index contributed by atoms with van der Waals surface area (Å²) in [5.41, 5.74) is 0.152. The van der Waals surface area contributed by atoms with Crippen LogP contribution in [0.3, 0.4) is 0 Å². The number of hydrogen-bond acceptors (Lipinski definition) is 3. The first-order valence-electron chi connectivity index (χ1n) is 7.60. The molecule has 0 saturated carbocycles. The highest BCUT2D eigenvalue weighted by molar-refractivity contribution is 5.92. The first kappa shape index (κ1) is 18.1. The van der Waals surface area contributed by atoms with Gasteiger partial charge in [-0.25, -0.2) is 4.39 Å². The summed E-state index contributed by atoms with van der Waals surface area (Å²) in [5.74, 6) is -0.908. The second kappa shape index (κ2) is 9.89. The molecule has 22 heavy (non-hydrogen) atoms. The molecule has 1 aromatic carbocycles. The van der Waals surface area contributed by atoms with Crippen LogP contribution in [0.25, 0.3) is 0 Å². The zero-order valence-electron chi connectivity index (χ0n) is 13.2. The van der Waals surface area contributed by atoms with E-state index in [-0.39, 0.29) is 30.6 Å². The predicted molar refractivity (Wildman–Crippen MR) is 85.1 cm³/mol. The van der Waals surface area contributed by atoms with Gasteiger partial charge in [-0.05, 0) is 31.5 Å². The molecular formula is C16H24FN3O2. The Morgan fingerprint density at radius 1 is 1.09 bits per heavy atom. The maximum Gasteiger partial charge on any atom is 0.238 e. The maximum atomic E-state index is 13.5. The highest BCUT2D eigenvalue weighted by Crippen LogP contribution is 2.12. The minimum absolute atomic E-state index is 0.0573. The highest BCUT2D eigenvalue weighted by atomic mass is 19.1. The summed E-state index contributed by atoms with van der Waals surface area (Å²) in [6.45, 7) is 5.43. The van der Waals surface area contributed by atoms with Crippen molar-refractivity contribution >= 4 is 17.5 Å². The van der Waals surface area contributed by atoms with Crippen LogP contribution < -0.4 is 10.6 Å². The van der Waals surface area contributed by atoms with E-state index in [0.717, 1.165) is 12.8 Å². The molecule has 0 radical (unpaired) electrons. The van der Waals surface area contributed by atoms with Crippen molar-refractivity contribution in [2.45, 2.75) is 26.7 Å². The van der Waals surface area contributed by atoms with Gasteiger partial charge in [0.25, 0.3) is 0 Å². The van der Waals surface area contributed by atoms with Gasteiger partial charge in [0.1, 0.15) is 5.82 Å². The number of anilines is 1. The first-order chi connectivity index (χ1) is 10.6. The molecule has 1 rings (SSSR count). The van der Waals surface area contributed by atoms with E-state index in [0.29, 0.717) is 13.1 Å². The van der Waals surface area contributed by atoms with Crippen molar-refractivity contribution in [3.8, 4) is 0 Å². The maximum absolute atomic E-state index is 13.5. The Morgan fingerprint density at radius 3 is 2.41 bits per heavy atom. The third kappa shape index (κ3) is 6.67. The van der Waals surface area contributed by atoms with E-state index in [1.807, 2.05) is 13.8 Å². The van der Waals surface area contributed by atoms with Gasteiger partial charge in [-0.15, -0.1) is 0 Å². The Morgan fingerprint density at radius 2 is 1.77 bits per heavy atom. The molecule has 0 aromatic heterocycles. The van der Waals surface area contributed by atoms with E-state index < -0.39 is 5.82 Å². The lowest BCUT2D eigenvalue weighted by Gasteiger charge is -2.20. The number of nitrogens with one attached hydrogen (secondary N) is 2. The van der Waals surface area contributed by atoms with E-state index in [1.54, 1.807) is 17.0 Å². The minimum atomic E-state index is -0.474.